The van der Waals surface area contributed by atoms with Crippen LogP contribution in [0.5, 0.6) is 11.6 Å². The lowest BCUT2D eigenvalue weighted by molar-refractivity contribution is 0.102. The highest BCUT2D eigenvalue weighted by molar-refractivity contribution is 7.15. The summed E-state index contributed by atoms with van der Waals surface area (Å²) >= 11 is 1.37. The van der Waals surface area contributed by atoms with Crippen LogP contribution in [0.4, 0.5) is 5.13 Å². The normalized spacial score (nSPS) is 11.2. The molecule has 0 unspecified atom stereocenters. The van der Waals surface area contributed by atoms with Crippen molar-refractivity contribution in [1.82, 2.24) is 15.2 Å². The molecule has 1 aromatic carbocycles. The van der Waals surface area contributed by atoms with E-state index in [1.165, 1.54) is 17.5 Å². The maximum atomic E-state index is 12.3. The number of benzene rings is 1. The highest BCUT2D eigenvalue weighted by Crippen LogP contribution is 2.28. The van der Waals surface area contributed by atoms with E-state index in [-0.39, 0.29) is 11.3 Å². The molecule has 0 saturated carbocycles. The summed E-state index contributed by atoms with van der Waals surface area (Å²) in [4.78, 5) is 16.5. The van der Waals surface area contributed by atoms with E-state index in [1.807, 2.05) is 30.3 Å². The SMILES string of the molecule is CC(C)(C)c1nnc(NC(=O)c2ccc(Oc3ccccc3)nc2)s1. The smallest absolute Gasteiger partial charge is 0.259 e. The summed E-state index contributed by atoms with van der Waals surface area (Å²) in [6.45, 7) is 6.15. The molecule has 2 aromatic heterocycles. The lowest BCUT2D eigenvalue weighted by atomic mass is 9.98. The molecule has 1 amide bonds. The minimum atomic E-state index is -0.282. The third-order valence-corrected chi connectivity index (χ3v) is 4.52. The Bertz CT molecular complexity index is 855. The Hall–Kier alpha value is -2.80. The monoisotopic (exact) mass is 354 g/mol. The fourth-order valence-electron chi connectivity index (χ4n) is 1.93. The van der Waals surface area contributed by atoms with Gasteiger partial charge in [0.15, 0.2) is 0 Å². The van der Waals surface area contributed by atoms with Gasteiger partial charge in [0.05, 0.1) is 5.56 Å². The van der Waals surface area contributed by atoms with E-state index < -0.39 is 0 Å². The van der Waals surface area contributed by atoms with E-state index in [0.29, 0.717) is 22.3 Å². The van der Waals surface area contributed by atoms with Crippen LogP contribution in [0.1, 0.15) is 36.1 Å². The van der Waals surface area contributed by atoms with Gasteiger partial charge in [-0.1, -0.05) is 50.3 Å². The number of ether oxygens (including phenoxy) is 1. The van der Waals surface area contributed by atoms with Gasteiger partial charge >= 0.3 is 0 Å². The summed E-state index contributed by atoms with van der Waals surface area (Å²) in [7, 11) is 0. The summed E-state index contributed by atoms with van der Waals surface area (Å²) in [6, 6.07) is 12.7. The fraction of sp³-hybridized carbons (Fsp3) is 0.222. The molecule has 25 heavy (non-hydrogen) atoms. The summed E-state index contributed by atoms with van der Waals surface area (Å²) in [6.07, 6.45) is 1.47. The first-order valence-electron chi connectivity index (χ1n) is 7.76. The molecule has 0 aliphatic heterocycles. The first kappa shape index (κ1) is 17.0. The number of amides is 1. The summed E-state index contributed by atoms with van der Waals surface area (Å²) in [5.74, 6) is 0.833. The average Bonchev–Trinajstić information content (AvgIpc) is 3.05. The van der Waals surface area contributed by atoms with E-state index in [4.69, 9.17) is 4.74 Å². The number of para-hydroxylation sites is 1. The number of hydrogen-bond donors (Lipinski definition) is 1. The van der Waals surface area contributed by atoms with Crippen molar-refractivity contribution < 1.29 is 9.53 Å². The Morgan fingerprint density at radius 3 is 2.44 bits per heavy atom. The van der Waals surface area contributed by atoms with Crippen molar-refractivity contribution in [2.24, 2.45) is 0 Å². The highest BCUT2D eigenvalue weighted by atomic mass is 32.1. The van der Waals surface area contributed by atoms with Crippen molar-refractivity contribution in [2.75, 3.05) is 5.32 Å². The van der Waals surface area contributed by atoms with E-state index in [9.17, 15) is 4.79 Å². The van der Waals surface area contributed by atoms with E-state index in [2.05, 4.69) is 41.3 Å². The van der Waals surface area contributed by atoms with Crippen molar-refractivity contribution >= 4 is 22.4 Å². The second-order valence-corrected chi connectivity index (χ2v) is 7.39. The van der Waals surface area contributed by atoms with E-state index >= 15 is 0 Å². The maximum Gasteiger partial charge on any atom is 0.259 e. The van der Waals surface area contributed by atoms with Gasteiger partial charge in [-0.3, -0.25) is 10.1 Å². The van der Waals surface area contributed by atoms with Crippen molar-refractivity contribution in [1.29, 1.82) is 0 Å². The van der Waals surface area contributed by atoms with Crippen LogP contribution in [-0.2, 0) is 5.41 Å². The molecule has 0 atom stereocenters. The lowest BCUT2D eigenvalue weighted by Gasteiger charge is -2.12. The standard InChI is InChI=1S/C18H18N4O2S/c1-18(2,3)16-21-22-17(25-16)20-15(23)12-9-10-14(19-11-12)24-13-7-5-4-6-8-13/h4-11H,1-3H3,(H,20,22,23). The molecular formula is C18H18N4O2S. The zero-order chi connectivity index (χ0) is 17.9. The molecule has 6 nitrogen and oxygen atoms in total. The van der Waals surface area contributed by atoms with Crippen molar-refractivity contribution in [2.45, 2.75) is 26.2 Å². The molecule has 0 bridgehead atoms. The third-order valence-electron chi connectivity index (χ3n) is 3.25. The Morgan fingerprint density at radius 2 is 1.84 bits per heavy atom. The number of nitrogens with zero attached hydrogens (tertiary/aromatic N) is 3. The van der Waals surface area contributed by atoms with E-state index in [1.54, 1.807) is 12.1 Å². The van der Waals surface area contributed by atoms with Gasteiger partial charge in [0.1, 0.15) is 10.8 Å². The van der Waals surface area contributed by atoms with Crippen molar-refractivity contribution in [3.05, 3.63) is 59.2 Å². The van der Waals surface area contributed by atoms with Crippen molar-refractivity contribution in [3.63, 3.8) is 0 Å². The Balaban J connectivity index is 1.65. The first-order valence-corrected chi connectivity index (χ1v) is 8.58. The summed E-state index contributed by atoms with van der Waals surface area (Å²) in [5.41, 5.74) is 0.325. The van der Waals surface area contributed by atoms with Gasteiger partial charge in [-0.05, 0) is 18.2 Å². The van der Waals surface area contributed by atoms with Crippen LogP contribution in [0.15, 0.2) is 48.7 Å². The second-order valence-electron chi connectivity index (χ2n) is 6.42. The highest BCUT2D eigenvalue weighted by Gasteiger charge is 2.20. The van der Waals surface area contributed by atoms with Crippen LogP contribution in [0, 0.1) is 0 Å². The van der Waals surface area contributed by atoms with Crippen LogP contribution >= 0.6 is 11.3 Å². The molecule has 2 heterocycles. The minimum absolute atomic E-state index is 0.0986. The molecule has 3 rings (SSSR count). The second kappa shape index (κ2) is 6.98. The topological polar surface area (TPSA) is 77.0 Å². The molecule has 7 heteroatoms. The number of aromatic nitrogens is 3. The molecule has 0 spiro atoms. The van der Waals surface area contributed by atoms with Crippen LogP contribution in [0.2, 0.25) is 0 Å². The molecule has 1 N–H and O–H groups in total. The van der Waals surface area contributed by atoms with Gasteiger partial charge in [0, 0.05) is 17.7 Å². The number of hydrogen-bond acceptors (Lipinski definition) is 6. The van der Waals surface area contributed by atoms with Crippen LogP contribution in [0.25, 0.3) is 0 Å². The molecule has 3 aromatic rings. The van der Waals surface area contributed by atoms with Crippen molar-refractivity contribution in [3.8, 4) is 11.6 Å². The molecule has 0 fully saturated rings. The quantitative estimate of drug-likeness (QED) is 0.757. The van der Waals surface area contributed by atoms with Gasteiger partial charge < -0.3 is 4.74 Å². The summed E-state index contributed by atoms with van der Waals surface area (Å²) < 4.78 is 5.61. The third kappa shape index (κ3) is 4.39. The average molecular weight is 354 g/mol. The maximum absolute atomic E-state index is 12.3. The fourth-order valence-corrected chi connectivity index (χ4v) is 2.73. The van der Waals surface area contributed by atoms with Crippen LogP contribution in [0.3, 0.4) is 0 Å². The number of nitrogens with one attached hydrogen (secondary N) is 1. The zero-order valence-electron chi connectivity index (χ0n) is 14.2. The number of anilines is 1. The van der Waals surface area contributed by atoms with Crippen LogP contribution < -0.4 is 10.1 Å². The zero-order valence-corrected chi connectivity index (χ0v) is 15.0. The number of carbonyl (C=O) groups excluding carboxylic acids is 1. The molecule has 0 aliphatic rings. The van der Waals surface area contributed by atoms with Gasteiger partial charge in [-0.15, -0.1) is 10.2 Å². The van der Waals surface area contributed by atoms with Gasteiger partial charge in [0.2, 0.25) is 11.0 Å². The molecule has 0 radical (unpaired) electrons. The minimum Gasteiger partial charge on any atom is -0.439 e. The molecule has 128 valence electrons. The van der Waals surface area contributed by atoms with E-state index in [0.717, 1.165) is 5.01 Å². The number of pyridine rings is 1. The van der Waals surface area contributed by atoms with Gasteiger partial charge in [-0.2, -0.15) is 0 Å². The lowest BCUT2D eigenvalue weighted by Crippen LogP contribution is -2.12. The number of rotatable bonds is 4. The molecule has 0 aliphatic carbocycles. The Labute approximate surface area is 149 Å². The number of carbonyl (C=O) groups is 1. The largest absolute Gasteiger partial charge is 0.439 e. The molecule has 0 saturated heterocycles. The first-order chi connectivity index (χ1) is 11.9. The Kier molecular flexibility index (Phi) is 4.76. The predicted octanol–water partition coefficient (Wildman–Crippen LogP) is 4.28. The van der Waals surface area contributed by atoms with Gasteiger partial charge in [0.25, 0.3) is 5.91 Å². The molecular weight excluding hydrogens is 336 g/mol. The Morgan fingerprint density at radius 1 is 1.08 bits per heavy atom. The van der Waals surface area contributed by atoms with Gasteiger partial charge in [-0.25, -0.2) is 4.98 Å². The predicted molar refractivity (Wildman–Crippen MR) is 97.3 cm³/mol. The van der Waals surface area contributed by atoms with Crippen LogP contribution in [-0.4, -0.2) is 21.1 Å². The summed E-state index contributed by atoms with van der Waals surface area (Å²) in [5, 5.41) is 12.2.